The zero-order valence-electron chi connectivity index (χ0n) is 10.6. The molecule has 98 valence electrons. The monoisotopic (exact) mass is 248 g/mol. The minimum absolute atomic E-state index is 0.194. The summed E-state index contributed by atoms with van der Waals surface area (Å²) in [6.07, 6.45) is 7.11. The number of piperidine rings is 1. The highest BCUT2D eigenvalue weighted by molar-refractivity contribution is 5.76. The number of hydrogen-bond donors (Lipinski definition) is 1. The van der Waals surface area contributed by atoms with Gasteiger partial charge in [0.2, 0.25) is 5.91 Å². The van der Waals surface area contributed by atoms with Gasteiger partial charge in [-0.1, -0.05) is 0 Å². The number of nitrogens with one attached hydrogen (secondary N) is 1. The van der Waals surface area contributed by atoms with Crippen molar-refractivity contribution in [2.45, 2.75) is 25.8 Å². The maximum atomic E-state index is 12.1. The molecule has 0 bridgehead atoms. The van der Waals surface area contributed by atoms with Crippen LogP contribution in [0.5, 0.6) is 0 Å². The van der Waals surface area contributed by atoms with E-state index in [9.17, 15) is 4.79 Å². The molecular formula is C13H20N4O. The molecule has 1 spiro atoms. The molecule has 0 saturated carbocycles. The number of carbonyl (C=O) groups is 1. The van der Waals surface area contributed by atoms with Gasteiger partial charge in [0.15, 0.2) is 0 Å². The van der Waals surface area contributed by atoms with Gasteiger partial charge in [0.1, 0.15) is 6.54 Å². The molecule has 2 aliphatic rings. The van der Waals surface area contributed by atoms with Crippen molar-refractivity contribution in [1.82, 2.24) is 20.0 Å². The first-order valence-electron chi connectivity index (χ1n) is 6.73. The van der Waals surface area contributed by atoms with Gasteiger partial charge in [-0.3, -0.25) is 9.48 Å². The van der Waals surface area contributed by atoms with Crippen molar-refractivity contribution >= 4 is 5.91 Å². The van der Waals surface area contributed by atoms with Gasteiger partial charge >= 0.3 is 0 Å². The molecule has 1 amide bonds. The normalized spacial score (nSPS) is 22.6. The molecule has 5 nitrogen and oxygen atoms in total. The van der Waals surface area contributed by atoms with Crippen LogP contribution in [0, 0.1) is 5.41 Å². The largest absolute Gasteiger partial charge is 0.341 e. The molecular weight excluding hydrogens is 228 g/mol. The van der Waals surface area contributed by atoms with Crippen LogP contribution in [0.4, 0.5) is 0 Å². The SMILES string of the molecule is O=C(Cn1cccn1)N1CCC2(CCNC2)CC1. The highest BCUT2D eigenvalue weighted by Gasteiger charge is 2.37. The first-order chi connectivity index (χ1) is 8.77. The first-order valence-corrected chi connectivity index (χ1v) is 6.73. The molecule has 18 heavy (non-hydrogen) atoms. The van der Waals surface area contributed by atoms with Gasteiger partial charge < -0.3 is 10.2 Å². The molecule has 1 N–H and O–H groups in total. The lowest BCUT2D eigenvalue weighted by atomic mass is 9.78. The van der Waals surface area contributed by atoms with E-state index in [1.807, 2.05) is 17.2 Å². The molecule has 1 aromatic heterocycles. The maximum Gasteiger partial charge on any atom is 0.244 e. The zero-order chi connectivity index (χ0) is 12.4. The maximum absolute atomic E-state index is 12.1. The molecule has 3 heterocycles. The van der Waals surface area contributed by atoms with E-state index in [4.69, 9.17) is 0 Å². The van der Waals surface area contributed by atoms with Gasteiger partial charge in [-0.2, -0.15) is 5.10 Å². The summed E-state index contributed by atoms with van der Waals surface area (Å²) >= 11 is 0. The van der Waals surface area contributed by atoms with Crippen LogP contribution in [0.2, 0.25) is 0 Å². The summed E-state index contributed by atoms with van der Waals surface area (Å²) in [7, 11) is 0. The van der Waals surface area contributed by atoms with Crippen molar-refractivity contribution in [2.75, 3.05) is 26.2 Å². The summed E-state index contributed by atoms with van der Waals surface area (Å²) in [6, 6.07) is 1.85. The molecule has 2 saturated heterocycles. The Hall–Kier alpha value is -1.36. The van der Waals surface area contributed by atoms with Crippen LogP contribution in [-0.4, -0.2) is 46.8 Å². The molecule has 0 atom stereocenters. The average Bonchev–Trinajstić information content (AvgIpc) is 3.03. The Labute approximate surface area is 107 Å². The van der Waals surface area contributed by atoms with E-state index >= 15 is 0 Å². The minimum atomic E-state index is 0.194. The van der Waals surface area contributed by atoms with E-state index in [0.29, 0.717) is 12.0 Å². The van der Waals surface area contributed by atoms with E-state index in [1.54, 1.807) is 10.9 Å². The lowest BCUT2D eigenvalue weighted by molar-refractivity contribution is -0.134. The Bertz CT molecular complexity index is 399. The van der Waals surface area contributed by atoms with Crippen LogP contribution in [0.25, 0.3) is 0 Å². The van der Waals surface area contributed by atoms with E-state index < -0.39 is 0 Å². The number of rotatable bonds is 2. The fourth-order valence-corrected chi connectivity index (χ4v) is 3.09. The minimum Gasteiger partial charge on any atom is -0.341 e. The summed E-state index contributed by atoms with van der Waals surface area (Å²) in [5, 5.41) is 7.53. The first kappa shape index (κ1) is 11.7. The molecule has 2 aliphatic heterocycles. The summed E-state index contributed by atoms with van der Waals surface area (Å²) in [5.41, 5.74) is 0.475. The van der Waals surface area contributed by atoms with E-state index in [-0.39, 0.29) is 5.91 Å². The van der Waals surface area contributed by atoms with Crippen molar-refractivity contribution in [1.29, 1.82) is 0 Å². The third-order valence-electron chi connectivity index (χ3n) is 4.37. The molecule has 0 unspecified atom stereocenters. The zero-order valence-corrected chi connectivity index (χ0v) is 10.6. The van der Waals surface area contributed by atoms with E-state index in [1.165, 1.54) is 6.42 Å². The summed E-state index contributed by atoms with van der Waals surface area (Å²) in [4.78, 5) is 14.1. The van der Waals surface area contributed by atoms with Gasteiger partial charge in [-0.05, 0) is 37.3 Å². The van der Waals surface area contributed by atoms with Gasteiger partial charge in [-0.15, -0.1) is 0 Å². The average molecular weight is 248 g/mol. The van der Waals surface area contributed by atoms with E-state index in [2.05, 4.69) is 10.4 Å². The smallest absolute Gasteiger partial charge is 0.244 e. The van der Waals surface area contributed by atoms with Crippen molar-refractivity contribution in [3.05, 3.63) is 18.5 Å². The number of aromatic nitrogens is 2. The third-order valence-corrected chi connectivity index (χ3v) is 4.37. The lowest BCUT2D eigenvalue weighted by Crippen LogP contribution is -2.45. The predicted molar refractivity (Wildman–Crippen MR) is 68.0 cm³/mol. The highest BCUT2D eigenvalue weighted by atomic mass is 16.2. The van der Waals surface area contributed by atoms with Crippen molar-refractivity contribution < 1.29 is 4.79 Å². The number of amides is 1. The molecule has 5 heteroatoms. The highest BCUT2D eigenvalue weighted by Crippen LogP contribution is 2.36. The third kappa shape index (κ3) is 2.27. The van der Waals surface area contributed by atoms with Crippen LogP contribution in [0.15, 0.2) is 18.5 Å². The lowest BCUT2D eigenvalue weighted by Gasteiger charge is -2.38. The van der Waals surface area contributed by atoms with Gasteiger partial charge in [0.05, 0.1) is 0 Å². The van der Waals surface area contributed by atoms with Gasteiger partial charge in [-0.25, -0.2) is 0 Å². The van der Waals surface area contributed by atoms with Crippen molar-refractivity contribution in [2.24, 2.45) is 5.41 Å². The fraction of sp³-hybridized carbons (Fsp3) is 0.692. The van der Waals surface area contributed by atoms with Crippen LogP contribution < -0.4 is 5.32 Å². The fourth-order valence-electron chi connectivity index (χ4n) is 3.09. The second-order valence-corrected chi connectivity index (χ2v) is 5.51. The van der Waals surface area contributed by atoms with Gasteiger partial charge in [0, 0.05) is 32.0 Å². The molecule has 2 fully saturated rings. The second-order valence-electron chi connectivity index (χ2n) is 5.51. The quantitative estimate of drug-likeness (QED) is 0.828. The molecule has 3 rings (SSSR count). The Morgan fingerprint density at radius 1 is 1.33 bits per heavy atom. The molecule has 0 aromatic carbocycles. The van der Waals surface area contributed by atoms with Crippen LogP contribution in [0.1, 0.15) is 19.3 Å². The van der Waals surface area contributed by atoms with Crippen molar-refractivity contribution in [3.63, 3.8) is 0 Å². The van der Waals surface area contributed by atoms with Gasteiger partial charge in [0.25, 0.3) is 0 Å². The van der Waals surface area contributed by atoms with Crippen LogP contribution >= 0.6 is 0 Å². The number of likely N-dealkylation sites (tertiary alicyclic amines) is 1. The topological polar surface area (TPSA) is 50.2 Å². The predicted octanol–water partition coefficient (Wildman–Crippen LogP) is 0.485. The summed E-state index contributed by atoms with van der Waals surface area (Å²) < 4.78 is 1.70. The second kappa shape index (κ2) is 4.72. The Balaban J connectivity index is 1.54. The summed E-state index contributed by atoms with van der Waals surface area (Å²) in [5.74, 6) is 0.194. The van der Waals surface area contributed by atoms with Crippen molar-refractivity contribution in [3.8, 4) is 0 Å². The Morgan fingerprint density at radius 3 is 2.78 bits per heavy atom. The Kier molecular flexibility index (Phi) is 3.07. The van der Waals surface area contributed by atoms with Crippen LogP contribution in [0.3, 0.4) is 0 Å². The summed E-state index contributed by atoms with van der Waals surface area (Å²) in [6.45, 7) is 4.46. The molecule has 0 aliphatic carbocycles. The standard InChI is InChI=1S/C13H20N4O/c18-12(10-17-7-1-5-15-17)16-8-3-13(4-9-16)2-6-14-11-13/h1,5,7,14H,2-4,6,8-11H2. The molecule has 0 radical (unpaired) electrons. The van der Waals surface area contributed by atoms with E-state index in [0.717, 1.165) is 39.0 Å². The Morgan fingerprint density at radius 2 is 2.17 bits per heavy atom. The number of hydrogen-bond acceptors (Lipinski definition) is 3. The number of nitrogens with zero attached hydrogens (tertiary/aromatic N) is 3. The molecule has 1 aromatic rings. The number of carbonyl (C=O) groups excluding carboxylic acids is 1. The van der Waals surface area contributed by atoms with Crippen LogP contribution in [-0.2, 0) is 11.3 Å².